The molecule has 8 heteroatoms. The van der Waals surface area contributed by atoms with Crippen molar-refractivity contribution in [1.29, 1.82) is 0 Å². The van der Waals surface area contributed by atoms with Crippen molar-refractivity contribution in [2.75, 3.05) is 39.3 Å². The molecule has 0 unspecified atom stereocenters. The van der Waals surface area contributed by atoms with Gasteiger partial charge in [-0.05, 0) is 18.2 Å². The van der Waals surface area contributed by atoms with Gasteiger partial charge in [0.2, 0.25) is 0 Å². The second-order valence-corrected chi connectivity index (χ2v) is 7.41. The van der Waals surface area contributed by atoms with Gasteiger partial charge in [-0.1, -0.05) is 35.2 Å². The van der Waals surface area contributed by atoms with Crippen molar-refractivity contribution in [2.24, 2.45) is 0 Å². The van der Waals surface area contributed by atoms with Crippen molar-refractivity contribution in [3.63, 3.8) is 0 Å². The number of halogens is 1. The molecule has 3 rings (SSSR count). The lowest BCUT2D eigenvalue weighted by Crippen LogP contribution is -2.49. The summed E-state index contributed by atoms with van der Waals surface area (Å²) in [6, 6.07) is 5.48. The number of aliphatic hydroxyl groups excluding tert-OH is 1. The second-order valence-electron chi connectivity index (χ2n) is 5.51. The maximum Gasteiger partial charge on any atom is 0.308 e. The van der Waals surface area contributed by atoms with Crippen molar-refractivity contribution in [2.45, 2.75) is 6.54 Å². The minimum Gasteiger partial charge on any atom is -0.395 e. The zero-order valence-electron chi connectivity index (χ0n) is 12.6. The first-order chi connectivity index (χ1) is 11.1. The lowest BCUT2D eigenvalue weighted by atomic mass is 10.3. The number of thiocarbonyl (C=S) groups is 1. The number of thiazole rings is 1. The molecule has 0 saturated carbocycles. The van der Waals surface area contributed by atoms with Crippen LogP contribution in [-0.2, 0) is 6.54 Å². The highest BCUT2D eigenvalue weighted by atomic mass is 35.5. The van der Waals surface area contributed by atoms with Gasteiger partial charge in [-0.3, -0.25) is 14.3 Å². The van der Waals surface area contributed by atoms with Crippen LogP contribution in [0.1, 0.15) is 0 Å². The molecule has 1 aromatic heterocycles. The standard InChI is InChI=1S/C15H18ClN3O2S2/c16-11-1-2-13-12(9-11)19(15(21)23-13)10-14(22)18-5-3-17(4-6-18)7-8-20/h1-2,9,20H,3-8,10H2. The first-order valence-electron chi connectivity index (χ1n) is 7.48. The van der Waals surface area contributed by atoms with E-state index in [0.717, 1.165) is 41.4 Å². The van der Waals surface area contributed by atoms with Crippen molar-refractivity contribution in [3.8, 4) is 0 Å². The number of hydrogen-bond acceptors (Lipinski definition) is 5. The fourth-order valence-corrected chi connectivity index (χ4v) is 4.13. The number of aliphatic hydroxyl groups is 1. The molecule has 0 radical (unpaired) electrons. The molecule has 0 spiro atoms. The van der Waals surface area contributed by atoms with Crippen LogP contribution in [-0.4, -0.2) is 63.8 Å². The Morgan fingerprint density at radius 2 is 2.04 bits per heavy atom. The van der Waals surface area contributed by atoms with Crippen LogP contribution in [0.3, 0.4) is 0 Å². The lowest BCUT2D eigenvalue weighted by molar-refractivity contribution is 0.147. The molecule has 0 aliphatic carbocycles. The molecule has 1 aromatic carbocycles. The molecule has 1 fully saturated rings. The van der Waals surface area contributed by atoms with Gasteiger partial charge in [0.05, 0.1) is 28.4 Å². The Labute approximate surface area is 148 Å². The first-order valence-corrected chi connectivity index (χ1v) is 9.08. The largest absolute Gasteiger partial charge is 0.395 e. The molecule has 2 aromatic rings. The molecule has 1 N–H and O–H groups in total. The van der Waals surface area contributed by atoms with Gasteiger partial charge in [0, 0.05) is 37.7 Å². The highest BCUT2D eigenvalue weighted by Crippen LogP contribution is 2.21. The predicted molar refractivity (Wildman–Crippen MR) is 98.8 cm³/mol. The number of piperazine rings is 1. The molecule has 1 saturated heterocycles. The van der Waals surface area contributed by atoms with Crippen LogP contribution in [0.2, 0.25) is 5.02 Å². The van der Waals surface area contributed by atoms with Crippen molar-refractivity contribution < 1.29 is 5.11 Å². The first kappa shape index (κ1) is 16.9. The molecule has 23 heavy (non-hydrogen) atoms. The Bertz CT molecular complexity index is 766. The van der Waals surface area contributed by atoms with E-state index in [1.807, 2.05) is 12.1 Å². The Balaban J connectivity index is 1.72. The molecule has 124 valence electrons. The quantitative estimate of drug-likeness (QED) is 0.828. The number of aromatic nitrogens is 1. The van der Waals surface area contributed by atoms with E-state index in [4.69, 9.17) is 28.9 Å². The smallest absolute Gasteiger partial charge is 0.308 e. The lowest BCUT2D eigenvalue weighted by Gasteiger charge is -2.35. The van der Waals surface area contributed by atoms with Gasteiger partial charge in [-0.15, -0.1) is 0 Å². The maximum absolute atomic E-state index is 12.2. The van der Waals surface area contributed by atoms with Crippen molar-refractivity contribution in [1.82, 2.24) is 14.4 Å². The Kier molecular flexibility index (Phi) is 5.33. The van der Waals surface area contributed by atoms with E-state index in [-0.39, 0.29) is 11.5 Å². The molecule has 0 bridgehead atoms. The second kappa shape index (κ2) is 7.27. The number of rotatable bonds is 4. The van der Waals surface area contributed by atoms with Crippen LogP contribution in [0.4, 0.5) is 0 Å². The van der Waals surface area contributed by atoms with Gasteiger partial charge in [-0.25, -0.2) is 0 Å². The van der Waals surface area contributed by atoms with E-state index in [9.17, 15) is 4.79 Å². The summed E-state index contributed by atoms with van der Waals surface area (Å²) in [6.07, 6.45) is 0. The van der Waals surface area contributed by atoms with Crippen molar-refractivity contribution >= 4 is 50.4 Å². The molecular weight excluding hydrogens is 354 g/mol. The molecule has 0 amide bonds. The average Bonchev–Trinajstić information content (AvgIpc) is 2.84. The SMILES string of the molecule is O=c1sc2ccc(Cl)cc2n1CC(=S)N1CCN(CCO)CC1. The fraction of sp³-hybridized carbons (Fsp3) is 0.467. The van der Waals surface area contributed by atoms with E-state index in [1.165, 1.54) is 11.3 Å². The minimum absolute atomic E-state index is 0.0106. The molecular formula is C15H18ClN3O2S2. The summed E-state index contributed by atoms with van der Waals surface area (Å²) in [7, 11) is 0. The van der Waals surface area contributed by atoms with Gasteiger partial charge >= 0.3 is 4.87 Å². The van der Waals surface area contributed by atoms with Gasteiger partial charge < -0.3 is 10.0 Å². The van der Waals surface area contributed by atoms with E-state index in [1.54, 1.807) is 10.6 Å². The summed E-state index contributed by atoms with van der Waals surface area (Å²) in [5.74, 6) is 0. The van der Waals surface area contributed by atoms with E-state index in [2.05, 4.69) is 9.80 Å². The van der Waals surface area contributed by atoms with Gasteiger partial charge in [0.1, 0.15) is 0 Å². The van der Waals surface area contributed by atoms with Gasteiger partial charge in [0.15, 0.2) is 0 Å². The molecule has 0 atom stereocenters. The number of fused-ring (bicyclic) bond motifs is 1. The summed E-state index contributed by atoms with van der Waals surface area (Å²) in [5.41, 5.74) is 0.841. The normalized spacial score (nSPS) is 16.2. The van der Waals surface area contributed by atoms with Crippen LogP contribution >= 0.6 is 35.2 Å². The minimum atomic E-state index is -0.0106. The maximum atomic E-state index is 12.2. The number of hydrogen-bond donors (Lipinski definition) is 1. The van der Waals surface area contributed by atoms with Crippen LogP contribution in [0.15, 0.2) is 23.0 Å². The summed E-state index contributed by atoms with van der Waals surface area (Å²) in [4.78, 5) is 17.3. The molecule has 1 aliphatic heterocycles. The molecule has 2 heterocycles. The average molecular weight is 372 g/mol. The fourth-order valence-electron chi connectivity index (χ4n) is 2.78. The van der Waals surface area contributed by atoms with Crippen LogP contribution in [0.25, 0.3) is 10.2 Å². The molecule has 1 aliphatic rings. The third kappa shape index (κ3) is 3.75. The molecule has 5 nitrogen and oxygen atoms in total. The summed E-state index contributed by atoms with van der Waals surface area (Å²) in [6.45, 7) is 4.72. The van der Waals surface area contributed by atoms with Gasteiger partial charge in [0.25, 0.3) is 0 Å². The van der Waals surface area contributed by atoms with E-state index in [0.29, 0.717) is 18.1 Å². The zero-order valence-corrected chi connectivity index (χ0v) is 15.0. The van der Waals surface area contributed by atoms with Crippen LogP contribution < -0.4 is 4.87 Å². The Morgan fingerprint density at radius 1 is 1.30 bits per heavy atom. The van der Waals surface area contributed by atoms with Crippen LogP contribution in [0, 0.1) is 0 Å². The van der Waals surface area contributed by atoms with E-state index < -0.39 is 0 Å². The summed E-state index contributed by atoms with van der Waals surface area (Å²) < 4.78 is 2.63. The number of nitrogens with zero attached hydrogens (tertiary/aromatic N) is 3. The highest BCUT2D eigenvalue weighted by molar-refractivity contribution is 7.80. The van der Waals surface area contributed by atoms with Crippen LogP contribution in [0.5, 0.6) is 0 Å². The number of benzene rings is 1. The third-order valence-electron chi connectivity index (χ3n) is 4.06. The monoisotopic (exact) mass is 371 g/mol. The van der Waals surface area contributed by atoms with Gasteiger partial charge in [-0.2, -0.15) is 0 Å². The Morgan fingerprint density at radius 3 is 2.74 bits per heavy atom. The highest BCUT2D eigenvalue weighted by Gasteiger charge is 2.19. The third-order valence-corrected chi connectivity index (χ3v) is 5.65. The summed E-state index contributed by atoms with van der Waals surface area (Å²) >= 11 is 12.8. The van der Waals surface area contributed by atoms with Crippen molar-refractivity contribution in [3.05, 3.63) is 32.9 Å². The number of β-amino-alcohol motifs (C(OH)–C–C–N with tert-alkyl or cyclic N) is 1. The van der Waals surface area contributed by atoms with E-state index >= 15 is 0 Å². The zero-order chi connectivity index (χ0) is 16.4. The summed E-state index contributed by atoms with van der Waals surface area (Å²) in [5, 5.41) is 9.61. The Hall–Kier alpha value is -0.990. The topological polar surface area (TPSA) is 48.7 Å². The predicted octanol–water partition coefficient (Wildman–Crippen LogP) is 1.65.